The molecule has 1 fully saturated rings. The Bertz CT molecular complexity index is 677. The van der Waals surface area contributed by atoms with Crippen LogP contribution in [0, 0.1) is 0 Å². The van der Waals surface area contributed by atoms with Crippen molar-refractivity contribution in [2.45, 2.75) is 39.3 Å². The average Bonchev–Trinajstić information content (AvgIpc) is 2.78. The number of rotatable bonds is 5. The average molecular weight is 381 g/mol. The van der Waals surface area contributed by atoms with E-state index in [1.165, 1.54) is 32.4 Å². The molecule has 0 spiro atoms. The minimum absolute atomic E-state index is 0. The molecule has 0 atom stereocenters. The molecule has 1 saturated heterocycles. The van der Waals surface area contributed by atoms with Crippen LogP contribution in [0.25, 0.3) is 11.0 Å². The number of nitrogen functional groups attached to an aromatic ring is 1. The van der Waals surface area contributed by atoms with E-state index in [2.05, 4.69) is 15.5 Å². The standard InChI is InChI=1S/C17H24N4O.BrH/c1-14(22)13-21-16-8-4-3-7-15(16)20(17(21)18)12-11-19-9-5-2-6-10-19;/h3-4,7-8,18H,2,5-6,9-13H2,1H3;1H. The van der Waals surface area contributed by atoms with E-state index in [-0.39, 0.29) is 22.8 Å². The van der Waals surface area contributed by atoms with Gasteiger partial charge in [0.05, 0.1) is 6.54 Å². The Hall–Kier alpha value is -1.40. The van der Waals surface area contributed by atoms with Crippen LogP contribution in [0.4, 0.5) is 5.95 Å². The van der Waals surface area contributed by atoms with Crippen LogP contribution in [0.5, 0.6) is 0 Å². The molecule has 0 bridgehead atoms. The number of fused-ring (bicyclic) bond motifs is 1. The summed E-state index contributed by atoms with van der Waals surface area (Å²) in [5, 5.41) is 0. The summed E-state index contributed by atoms with van der Waals surface area (Å²) >= 11 is 0. The van der Waals surface area contributed by atoms with Gasteiger partial charge in [-0.2, -0.15) is 0 Å². The molecule has 0 radical (unpaired) electrons. The molecule has 23 heavy (non-hydrogen) atoms. The Labute approximate surface area is 147 Å². The van der Waals surface area contributed by atoms with Gasteiger partial charge in [0.25, 0.3) is 0 Å². The number of aromatic nitrogens is 2. The van der Waals surface area contributed by atoms with E-state index in [9.17, 15) is 4.79 Å². The van der Waals surface area contributed by atoms with E-state index < -0.39 is 0 Å². The number of imidazole rings is 1. The Kier molecular flexibility index (Phi) is 6.18. The number of hydrogen-bond acceptors (Lipinski definition) is 3. The van der Waals surface area contributed by atoms with Crippen LogP contribution in [0.15, 0.2) is 24.3 Å². The molecule has 1 aliphatic rings. The Morgan fingerprint density at radius 1 is 1.17 bits per heavy atom. The number of anilines is 1. The van der Waals surface area contributed by atoms with E-state index in [0.29, 0.717) is 12.5 Å². The lowest BCUT2D eigenvalue weighted by atomic mass is 10.1. The predicted molar refractivity (Wildman–Crippen MR) is 87.5 cm³/mol. The lowest BCUT2D eigenvalue weighted by molar-refractivity contribution is -0.644. The van der Waals surface area contributed by atoms with Gasteiger partial charge in [-0.15, -0.1) is 0 Å². The van der Waals surface area contributed by atoms with Gasteiger partial charge in [-0.05, 0) is 45.0 Å². The highest BCUT2D eigenvalue weighted by Crippen LogP contribution is 2.17. The second-order valence-electron chi connectivity index (χ2n) is 6.19. The molecule has 1 aromatic heterocycles. The van der Waals surface area contributed by atoms with Crippen LogP contribution >= 0.6 is 0 Å². The van der Waals surface area contributed by atoms with Gasteiger partial charge in [0.1, 0.15) is 17.6 Å². The molecular weight excluding hydrogens is 356 g/mol. The number of Topliss-reactive ketones (excluding diaryl/α,β-unsaturated/α-hetero) is 1. The van der Waals surface area contributed by atoms with E-state index in [4.69, 9.17) is 5.73 Å². The highest BCUT2D eigenvalue weighted by molar-refractivity contribution is 5.77. The molecular formula is C17H25BrN4O. The van der Waals surface area contributed by atoms with Crippen molar-refractivity contribution < 1.29 is 26.3 Å². The number of piperidine rings is 1. The van der Waals surface area contributed by atoms with Gasteiger partial charge >= 0.3 is 5.95 Å². The maximum absolute atomic E-state index is 11.5. The zero-order valence-electron chi connectivity index (χ0n) is 13.7. The molecule has 0 unspecified atom stereocenters. The van der Waals surface area contributed by atoms with Crippen LogP contribution in [-0.4, -0.2) is 34.9 Å². The van der Waals surface area contributed by atoms with Crippen molar-refractivity contribution in [3.05, 3.63) is 24.3 Å². The van der Waals surface area contributed by atoms with E-state index in [0.717, 1.165) is 24.1 Å². The van der Waals surface area contributed by atoms with Gasteiger partial charge in [-0.25, -0.2) is 9.13 Å². The second-order valence-corrected chi connectivity index (χ2v) is 6.19. The van der Waals surface area contributed by atoms with Crippen LogP contribution in [0.2, 0.25) is 0 Å². The zero-order chi connectivity index (χ0) is 15.5. The van der Waals surface area contributed by atoms with E-state index >= 15 is 0 Å². The van der Waals surface area contributed by atoms with Crippen molar-refractivity contribution >= 4 is 22.8 Å². The zero-order valence-corrected chi connectivity index (χ0v) is 15.3. The van der Waals surface area contributed by atoms with Gasteiger partial charge in [0, 0.05) is 6.54 Å². The third-order valence-electron chi connectivity index (χ3n) is 4.49. The fourth-order valence-electron chi connectivity index (χ4n) is 3.36. The van der Waals surface area contributed by atoms with Gasteiger partial charge in [0.15, 0.2) is 5.78 Å². The first-order chi connectivity index (χ1) is 10.7. The Morgan fingerprint density at radius 2 is 1.87 bits per heavy atom. The van der Waals surface area contributed by atoms with Crippen molar-refractivity contribution in [3.8, 4) is 0 Å². The molecule has 0 saturated carbocycles. The highest BCUT2D eigenvalue weighted by atomic mass is 79.9. The van der Waals surface area contributed by atoms with Crippen LogP contribution < -0.4 is 27.3 Å². The number of ketones is 1. The van der Waals surface area contributed by atoms with Crippen LogP contribution in [-0.2, 0) is 17.9 Å². The number of nitrogens with two attached hydrogens (primary N) is 1. The molecule has 1 aliphatic heterocycles. The number of halogens is 1. The van der Waals surface area contributed by atoms with Gasteiger partial charge in [0.2, 0.25) is 0 Å². The number of para-hydroxylation sites is 2. The van der Waals surface area contributed by atoms with Crippen molar-refractivity contribution in [3.63, 3.8) is 0 Å². The smallest absolute Gasteiger partial charge is 0.356 e. The number of nitrogens with zero attached hydrogens (tertiary/aromatic N) is 3. The Balaban J connectivity index is 0.00000192. The lowest BCUT2D eigenvalue weighted by Gasteiger charge is -2.25. The minimum Gasteiger partial charge on any atom is -1.00 e. The molecule has 2 heterocycles. The molecule has 2 aromatic rings. The molecule has 3 rings (SSSR count). The molecule has 1 aromatic carbocycles. The first kappa shape index (κ1) is 17.9. The first-order valence-corrected chi connectivity index (χ1v) is 8.15. The summed E-state index contributed by atoms with van der Waals surface area (Å²) in [4.78, 5) is 14.0. The summed E-state index contributed by atoms with van der Waals surface area (Å²) in [6.45, 7) is 6.20. The summed E-state index contributed by atoms with van der Waals surface area (Å²) in [6, 6.07) is 8.13. The topological polar surface area (TPSA) is 55.1 Å². The summed E-state index contributed by atoms with van der Waals surface area (Å²) in [5.74, 6) is 0.795. The maximum Gasteiger partial charge on any atom is 0.356 e. The third-order valence-corrected chi connectivity index (χ3v) is 4.49. The predicted octanol–water partition coefficient (Wildman–Crippen LogP) is -1.41. The summed E-state index contributed by atoms with van der Waals surface area (Å²) in [5.41, 5.74) is 8.48. The fraction of sp³-hybridized carbons (Fsp3) is 0.529. The van der Waals surface area contributed by atoms with Gasteiger partial charge < -0.3 is 21.9 Å². The molecule has 6 heteroatoms. The van der Waals surface area contributed by atoms with Crippen molar-refractivity contribution in [2.75, 3.05) is 25.4 Å². The number of likely N-dealkylation sites (tertiary alicyclic amines) is 1. The molecule has 126 valence electrons. The third kappa shape index (κ3) is 3.93. The normalized spacial score (nSPS) is 15.5. The SMILES string of the molecule is CC(=O)C[n+]1c(N)n(CCN2CCCCC2)c2ccccc21.[Br-]. The number of carbonyl (C=O) groups excluding carboxylic acids is 1. The summed E-state index contributed by atoms with van der Waals surface area (Å²) in [7, 11) is 0. The van der Waals surface area contributed by atoms with Crippen molar-refractivity contribution in [1.29, 1.82) is 0 Å². The largest absolute Gasteiger partial charge is 1.00 e. The highest BCUT2D eigenvalue weighted by Gasteiger charge is 2.22. The van der Waals surface area contributed by atoms with Crippen molar-refractivity contribution in [2.24, 2.45) is 0 Å². The molecule has 2 N–H and O–H groups in total. The monoisotopic (exact) mass is 380 g/mol. The summed E-state index contributed by atoms with van der Waals surface area (Å²) < 4.78 is 4.07. The molecule has 0 amide bonds. The fourth-order valence-corrected chi connectivity index (χ4v) is 3.36. The van der Waals surface area contributed by atoms with E-state index in [1.807, 2.05) is 22.8 Å². The number of carbonyl (C=O) groups is 1. The quantitative estimate of drug-likeness (QED) is 0.648. The second kappa shape index (κ2) is 7.93. The lowest BCUT2D eigenvalue weighted by Crippen LogP contribution is -3.00. The van der Waals surface area contributed by atoms with Crippen molar-refractivity contribution in [1.82, 2.24) is 9.47 Å². The summed E-state index contributed by atoms with van der Waals surface area (Å²) in [6.07, 6.45) is 3.95. The van der Waals surface area contributed by atoms with Crippen LogP contribution in [0.3, 0.4) is 0 Å². The van der Waals surface area contributed by atoms with Crippen LogP contribution in [0.1, 0.15) is 26.2 Å². The molecule has 5 nitrogen and oxygen atoms in total. The van der Waals surface area contributed by atoms with Gasteiger partial charge in [-0.1, -0.05) is 18.6 Å². The maximum atomic E-state index is 11.5. The first-order valence-electron chi connectivity index (χ1n) is 8.15. The van der Waals surface area contributed by atoms with E-state index in [1.54, 1.807) is 6.92 Å². The number of benzene rings is 1. The Morgan fingerprint density at radius 3 is 2.57 bits per heavy atom. The molecule has 0 aliphatic carbocycles. The number of hydrogen-bond donors (Lipinski definition) is 1. The minimum atomic E-state index is 0. The van der Waals surface area contributed by atoms with Gasteiger partial charge in [-0.3, -0.25) is 10.5 Å².